The van der Waals surface area contributed by atoms with Crippen LogP contribution in [-0.4, -0.2) is 18.2 Å². The molecular weight excluding hydrogens is 204 g/mol. The zero-order chi connectivity index (χ0) is 11.8. The van der Waals surface area contributed by atoms with E-state index in [-0.39, 0.29) is 5.97 Å². The van der Waals surface area contributed by atoms with E-state index < -0.39 is 11.5 Å². The van der Waals surface area contributed by atoms with Gasteiger partial charge < -0.3 is 9.84 Å². The molecule has 0 amide bonds. The molecule has 0 aromatic heterocycles. The van der Waals surface area contributed by atoms with Crippen molar-refractivity contribution >= 4 is 5.97 Å². The van der Waals surface area contributed by atoms with Crippen molar-refractivity contribution in [3.05, 3.63) is 35.4 Å². The molecule has 0 heterocycles. The van der Waals surface area contributed by atoms with Crippen LogP contribution in [0.15, 0.2) is 24.3 Å². The van der Waals surface area contributed by atoms with E-state index in [0.29, 0.717) is 6.42 Å². The van der Waals surface area contributed by atoms with Crippen LogP contribution in [0, 0.1) is 5.92 Å². The highest BCUT2D eigenvalue weighted by Crippen LogP contribution is 2.42. The second-order valence-corrected chi connectivity index (χ2v) is 4.33. The van der Waals surface area contributed by atoms with Gasteiger partial charge in [-0.3, -0.25) is 4.79 Å². The molecule has 3 nitrogen and oxygen atoms in total. The second-order valence-electron chi connectivity index (χ2n) is 4.33. The third kappa shape index (κ3) is 1.52. The van der Waals surface area contributed by atoms with Gasteiger partial charge in [-0.2, -0.15) is 0 Å². The van der Waals surface area contributed by atoms with Crippen LogP contribution in [0.3, 0.4) is 0 Å². The number of fused-ring (bicyclic) bond motifs is 1. The quantitative estimate of drug-likeness (QED) is 0.770. The van der Waals surface area contributed by atoms with Gasteiger partial charge in [-0.15, -0.1) is 0 Å². The molecule has 2 atom stereocenters. The average Bonchev–Trinajstić information content (AvgIpc) is 2.67. The Hall–Kier alpha value is -1.35. The first-order valence-electron chi connectivity index (χ1n) is 5.48. The van der Waals surface area contributed by atoms with Crippen LogP contribution in [-0.2, 0) is 21.6 Å². The molecule has 0 saturated carbocycles. The molecule has 0 fully saturated rings. The second kappa shape index (κ2) is 3.91. The summed E-state index contributed by atoms with van der Waals surface area (Å²) in [7, 11) is 1.35. The topological polar surface area (TPSA) is 46.5 Å². The van der Waals surface area contributed by atoms with Crippen molar-refractivity contribution in [3.8, 4) is 0 Å². The molecule has 0 aliphatic heterocycles. The fourth-order valence-corrected chi connectivity index (χ4v) is 2.44. The monoisotopic (exact) mass is 220 g/mol. The SMILES string of the molecule is COC(=O)C(C)C1(O)CCc2ccccc21. The van der Waals surface area contributed by atoms with Crippen molar-refractivity contribution < 1.29 is 14.6 Å². The average molecular weight is 220 g/mol. The highest BCUT2D eigenvalue weighted by Gasteiger charge is 2.44. The number of ether oxygens (including phenoxy) is 1. The highest BCUT2D eigenvalue weighted by atomic mass is 16.5. The van der Waals surface area contributed by atoms with Gasteiger partial charge in [0.15, 0.2) is 0 Å². The summed E-state index contributed by atoms with van der Waals surface area (Å²) in [6.07, 6.45) is 1.40. The Kier molecular flexibility index (Phi) is 2.72. The lowest BCUT2D eigenvalue weighted by atomic mass is 9.83. The number of carbonyl (C=O) groups excluding carboxylic acids is 1. The minimum Gasteiger partial charge on any atom is -0.469 e. The van der Waals surface area contributed by atoms with Gasteiger partial charge in [0.05, 0.1) is 13.0 Å². The zero-order valence-electron chi connectivity index (χ0n) is 9.56. The molecule has 1 aliphatic rings. The molecule has 0 bridgehead atoms. The Morgan fingerprint density at radius 2 is 2.19 bits per heavy atom. The summed E-state index contributed by atoms with van der Waals surface area (Å²) in [6, 6.07) is 7.73. The van der Waals surface area contributed by atoms with Crippen LogP contribution >= 0.6 is 0 Å². The van der Waals surface area contributed by atoms with E-state index in [1.807, 2.05) is 24.3 Å². The van der Waals surface area contributed by atoms with Crippen LogP contribution in [0.25, 0.3) is 0 Å². The number of esters is 1. The smallest absolute Gasteiger partial charge is 0.311 e. The molecule has 2 unspecified atom stereocenters. The van der Waals surface area contributed by atoms with Crippen LogP contribution in [0.5, 0.6) is 0 Å². The summed E-state index contributed by atoms with van der Waals surface area (Å²) < 4.78 is 4.71. The Bertz CT molecular complexity index is 413. The van der Waals surface area contributed by atoms with Gasteiger partial charge in [-0.25, -0.2) is 0 Å². The first-order chi connectivity index (χ1) is 7.59. The Labute approximate surface area is 95.0 Å². The van der Waals surface area contributed by atoms with Gasteiger partial charge in [0.2, 0.25) is 0 Å². The molecule has 1 aromatic rings. The summed E-state index contributed by atoms with van der Waals surface area (Å²) in [6.45, 7) is 1.72. The summed E-state index contributed by atoms with van der Waals surface area (Å²) in [5.74, 6) is -0.889. The lowest BCUT2D eigenvalue weighted by molar-refractivity contribution is -0.155. The van der Waals surface area contributed by atoms with Crippen molar-refractivity contribution in [2.75, 3.05) is 7.11 Å². The van der Waals surface area contributed by atoms with Crippen molar-refractivity contribution in [2.24, 2.45) is 5.92 Å². The van der Waals surface area contributed by atoms with Crippen LogP contribution in [0.1, 0.15) is 24.5 Å². The maximum absolute atomic E-state index is 11.5. The number of methoxy groups -OCH3 is 1. The van der Waals surface area contributed by atoms with Gasteiger partial charge in [0, 0.05) is 0 Å². The Morgan fingerprint density at radius 3 is 2.88 bits per heavy atom. The number of carbonyl (C=O) groups is 1. The first kappa shape index (κ1) is 11.1. The van der Waals surface area contributed by atoms with E-state index in [2.05, 4.69) is 0 Å². The third-order valence-corrected chi connectivity index (χ3v) is 3.53. The van der Waals surface area contributed by atoms with Gasteiger partial charge in [-0.1, -0.05) is 24.3 Å². The first-order valence-corrected chi connectivity index (χ1v) is 5.48. The number of hydrogen-bond acceptors (Lipinski definition) is 3. The van der Waals surface area contributed by atoms with E-state index in [1.54, 1.807) is 6.92 Å². The predicted octanol–water partition coefficient (Wildman–Crippen LogP) is 1.63. The van der Waals surface area contributed by atoms with E-state index in [9.17, 15) is 9.90 Å². The Balaban J connectivity index is 2.38. The van der Waals surface area contributed by atoms with E-state index in [4.69, 9.17) is 4.74 Å². The summed E-state index contributed by atoms with van der Waals surface area (Å²) in [5, 5.41) is 10.6. The van der Waals surface area contributed by atoms with E-state index >= 15 is 0 Å². The highest BCUT2D eigenvalue weighted by molar-refractivity contribution is 5.74. The number of hydrogen-bond donors (Lipinski definition) is 1. The molecule has 1 aliphatic carbocycles. The predicted molar refractivity (Wildman–Crippen MR) is 59.8 cm³/mol. The van der Waals surface area contributed by atoms with Crippen LogP contribution in [0.2, 0.25) is 0 Å². The fraction of sp³-hybridized carbons (Fsp3) is 0.462. The normalized spacial score (nSPS) is 24.9. The summed E-state index contributed by atoms with van der Waals surface area (Å²) in [4.78, 5) is 11.5. The molecule has 86 valence electrons. The number of aliphatic hydroxyl groups is 1. The van der Waals surface area contributed by atoms with Crippen molar-refractivity contribution in [1.82, 2.24) is 0 Å². The Morgan fingerprint density at radius 1 is 1.50 bits per heavy atom. The molecule has 16 heavy (non-hydrogen) atoms. The van der Waals surface area contributed by atoms with Crippen molar-refractivity contribution in [1.29, 1.82) is 0 Å². The third-order valence-electron chi connectivity index (χ3n) is 3.53. The molecule has 0 spiro atoms. The van der Waals surface area contributed by atoms with E-state index in [1.165, 1.54) is 7.11 Å². The maximum atomic E-state index is 11.5. The van der Waals surface area contributed by atoms with Crippen LogP contribution in [0.4, 0.5) is 0 Å². The molecule has 0 saturated heterocycles. The van der Waals surface area contributed by atoms with Gasteiger partial charge in [0.25, 0.3) is 0 Å². The van der Waals surface area contributed by atoms with Gasteiger partial charge >= 0.3 is 5.97 Å². The van der Waals surface area contributed by atoms with Crippen LogP contribution < -0.4 is 0 Å². The lowest BCUT2D eigenvalue weighted by Crippen LogP contribution is -2.36. The number of benzene rings is 1. The number of rotatable bonds is 2. The van der Waals surface area contributed by atoms with Gasteiger partial charge in [-0.05, 0) is 30.9 Å². The standard InChI is InChI=1S/C13H16O3/c1-9(12(14)16-2)13(15)8-7-10-5-3-4-6-11(10)13/h3-6,9,15H,7-8H2,1-2H3. The molecule has 1 N–H and O–H groups in total. The van der Waals surface area contributed by atoms with Crippen molar-refractivity contribution in [2.45, 2.75) is 25.4 Å². The fourth-order valence-electron chi connectivity index (χ4n) is 2.44. The largest absolute Gasteiger partial charge is 0.469 e. The minimum atomic E-state index is -1.07. The molecule has 2 rings (SSSR count). The van der Waals surface area contributed by atoms with Crippen molar-refractivity contribution in [3.63, 3.8) is 0 Å². The minimum absolute atomic E-state index is 0.362. The summed E-state index contributed by atoms with van der Waals surface area (Å²) in [5.41, 5.74) is 0.928. The molecule has 1 aromatic carbocycles. The molecule has 0 radical (unpaired) electrons. The summed E-state index contributed by atoms with van der Waals surface area (Å²) >= 11 is 0. The van der Waals surface area contributed by atoms with E-state index in [0.717, 1.165) is 17.5 Å². The molecular formula is C13H16O3. The number of aryl methyl sites for hydroxylation is 1. The van der Waals surface area contributed by atoms with Gasteiger partial charge in [0.1, 0.15) is 5.60 Å². The molecule has 3 heteroatoms. The lowest BCUT2D eigenvalue weighted by Gasteiger charge is -2.29. The maximum Gasteiger partial charge on any atom is 0.311 e. The zero-order valence-corrected chi connectivity index (χ0v) is 9.56.